The first kappa shape index (κ1) is 19.1. The zero-order valence-corrected chi connectivity index (χ0v) is 16.4. The molecule has 1 atom stereocenters. The van der Waals surface area contributed by atoms with E-state index in [1.165, 1.54) is 0 Å². The van der Waals surface area contributed by atoms with Gasteiger partial charge in [0.05, 0.1) is 17.4 Å². The molecule has 0 saturated carbocycles. The zero-order chi connectivity index (χ0) is 20.4. The first-order chi connectivity index (χ1) is 14.0. The van der Waals surface area contributed by atoms with Gasteiger partial charge in [-0.15, -0.1) is 0 Å². The Kier molecular flexibility index (Phi) is 5.31. The summed E-state index contributed by atoms with van der Waals surface area (Å²) >= 11 is 0. The molecule has 2 aromatic rings. The van der Waals surface area contributed by atoms with Crippen LogP contribution in [0.15, 0.2) is 54.6 Å². The Labute approximate surface area is 169 Å². The van der Waals surface area contributed by atoms with Gasteiger partial charge in [-0.05, 0) is 31.2 Å². The second kappa shape index (κ2) is 8.05. The first-order valence-corrected chi connectivity index (χ1v) is 9.83. The molecule has 0 aliphatic carbocycles. The number of carbonyl (C=O) groups is 3. The van der Waals surface area contributed by atoms with Crippen LogP contribution < -0.4 is 10.2 Å². The number of benzene rings is 2. The molecule has 0 unspecified atom stereocenters. The molecule has 0 spiro atoms. The van der Waals surface area contributed by atoms with E-state index in [1.807, 2.05) is 60.4 Å². The Balaban J connectivity index is 1.41. The van der Waals surface area contributed by atoms with Gasteiger partial charge in [0.25, 0.3) is 5.91 Å². The molecule has 2 heterocycles. The molecule has 29 heavy (non-hydrogen) atoms. The summed E-state index contributed by atoms with van der Waals surface area (Å²) < 4.78 is 0. The van der Waals surface area contributed by atoms with Crippen molar-refractivity contribution in [2.45, 2.75) is 13.0 Å². The average molecular weight is 392 g/mol. The summed E-state index contributed by atoms with van der Waals surface area (Å²) in [7, 11) is 0. The normalized spacial score (nSPS) is 18.0. The van der Waals surface area contributed by atoms with E-state index in [4.69, 9.17) is 0 Å². The van der Waals surface area contributed by atoms with E-state index in [9.17, 15) is 14.4 Å². The summed E-state index contributed by atoms with van der Waals surface area (Å²) in [5.74, 6) is -0.275. The van der Waals surface area contributed by atoms with E-state index in [0.29, 0.717) is 37.4 Å². The maximum absolute atomic E-state index is 13.2. The number of piperazine rings is 1. The van der Waals surface area contributed by atoms with Crippen LogP contribution in [0.2, 0.25) is 0 Å². The molecule has 2 aliphatic heterocycles. The molecule has 150 valence electrons. The van der Waals surface area contributed by atoms with Crippen molar-refractivity contribution in [3.8, 4) is 0 Å². The Morgan fingerprint density at radius 2 is 1.59 bits per heavy atom. The molecule has 2 aliphatic rings. The number of fused-ring (bicyclic) bond motifs is 1. The number of amides is 3. The Hall–Kier alpha value is -3.19. The minimum Gasteiger partial charge on any atom is -0.336 e. The monoisotopic (exact) mass is 392 g/mol. The molecule has 1 N–H and O–H groups in total. The van der Waals surface area contributed by atoms with Crippen molar-refractivity contribution in [1.29, 1.82) is 0 Å². The lowest BCUT2D eigenvalue weighted by molar-refractivity contribution is -0.125. The quantitative estimate of drug-likeness (QED) is 0.865. The number of rotatable bonds is 3. The minimum atomic E-state index is -0.372. The summed E-state index contributed by atoms with van der Waals surface area (Å²) in [6, 6.07) is 16.2. The first-order valence-electron chi connectivity index (χ1n) is 9.83. The van der Waals surface area contributed by atoms with Gasteiger partial charge >= 0.3 is 0 Å². The van der Waals surface area contributed by atoms with Crippen LogP contribution in [0.25, 0.3) is 0 Å². The molecular formula is C22H24N4O3. The van der Waals surface area contributed by atoms with Gasteiger partial charge in [-0.1, -0.05) is 30.3 Å². The van der Waals surface area contributed by atoms with E-state index in [-0.39, 0.29) is 30.3 Å². The third kappa shape index (κ3) is 3.86. The molecule has 0 radical (unpaired) electrons. The fourth-order valence-corrected chi connectivity index (χ4v) is 3.89. The van der Waals surface area contributed by atoms with E-state index in [1.54, 1.807) is 11.0 Å². The highest BCUT2D eigenvalue weighted by atomic mass is 16.2. The second-order valence-corrected chi connectivity index (χ2v) is 7.36. The smallest absolute Gasteiger partial charge is 0.253 e. The number of para-hydroxylation sites is 2. The molecular weight excluding hydrogens is 368 g/mol. The van der Waals surface area contributed by atoms with E-state index >= 15 is 0 Å². The Bertz CT molecular complexity index is 923. The number of carbonyl (C=O) groups excluding carboxylic acids is 3. The molecule has 1 fully saturated rings. The summed E-state index contributed by atoms with van der Waals surface area (Å²) in [6.45, 7) is 4.27. The van der Waals surface area contributed by atoms with Gasteiger partial charge in [0.1, 0.15) is 6.54 Å². The van der Waals surface area contributed by atoms with Crippen LogP contribution in [0.4, 0.5) is 11.4 Å². The molecule has 0 aromatic heterocycles. The van der Waals surface area contributed by atoms with Crippen LogP contribution in [-0.2, 0) is 9.59 Å². The molecule has 0 bridgehead atoms. The lowest BCUT2D eigenvalue weighted by Gasteiger charge is -2.39. The highest BCUT2D eigenvalue weighted by Gasteiger charge is 2.34. The van der Waals surface area contributed by atoms with Gasteiger partial charge in [-0.3, -0.25) is 24.2 Å². The predicted octanol–water partition coefficient (Wildman–Crippen LogP) is 1.82. The van der Waals surface area contributed by atoms with Gasteiger partial charge < -0.3 is 10.2 Å². The number of hydrogen-bond acceptors (Lipinski definition) is 4. The van der Waals surface area contributed by atoms with Crippen LogP contribution >= 0.6 is 0 Å². The van der Waals surface area contributed by atoms with Crippen LogP contribution in [0.1, 0.15) is 17.3 Å². The largest absolute Gasteiger partial charge is 0.336 e. The van der Waals surface area contributed by atoms with Crippen LogP contribution in [0.3, 0.4) is 0 Å². The van der Waals surface area contributed by atoms with Crippen molar-refractivity contribution in [3.05, 3.63) is 60.2 Å². The third-order valence-corrected chi connectivity index (χ3v) is 5.56. The molecule has 7 nitrogen and oxygen atoms in total. The summed E-state index contributed by atoms with van der Waals surface area (Å²) in [4.78, 5) is 43.3. The van der Waals surface area contributed by atoms with Crippen LogP contribution in [0, 0.1) is 0 Å². The zero-order valence-electron chi connectivity index (χ0n) is 16.4. The third-order valence-electron chi connectivity index (χ3n) is 5.56. The van der Waals surface area contributed by atoms with E-state index < -0.39 is 0 Å². The fraction of sp³-hybridized carbons (Fsp3) is 0.318. The van der Waals surface area contributed by atoms with Crippen molar-refractivity contribution >= 4 is 29.1 Å². The lowest BCUT2D eigenvalue weighted by atomic mass is 10.1. The number of anilines is 2. The second-order valence-electron chi connectivity index (χ2n) is 7.36. The molecule has 3 amide bonds. The highest BCUT2D eigenvalue weighted by Crippen LogP contribution is 2.29. The standard InChI is InChI=1S/C22H24N4O3/c1-16(21(28)26-15-20(27)23-18-9-5-6-10-19(18)26)24-11-13-25(14-12-24)22(29)17-7-3-2-4-8-17/h2-10,16H,11-15H2,1H3,(H,23,27)/t16-/m1/s1. The minimum absolute atomic E-state index is 0.0193. The lowest BCUT2D eigenvalue weighted by Crippen LogP contribution is -2.56. The van der Waals surface area contributed by atoms with Crippen LogP contribution in [-0.4, -0.2) is 66.3 Å². The van der Waals surface area contributed by atoms with Gasteiger partial charge in [0, 0.05) is 31.7 Å². The van der Waals surface area contributed by atoms with E-state index in [0.717, 1.165) is 5.69 Å². The Morgan fingerprint density at radius 1 is 0.931 bits per heavy atom. The topological polar surface area (TPSA) is 73.0 Å². The summed E-state index contributed by atoms with van der Waals surface area (Å²) in [5, 5.41) is 2.81. The van der Waals surface area contributed by atoms with Gasteiger partial charge in [-0.25, -0.2) is 0 Å². The van der Waals surface area contributed by atoms with Crippen molar-refractivity contribution in [3.63, 3.8) is 0 Å². The number of nitrogens with zero attached hydrogens (tertiary/aromatic N) is 3. The molecule has 1 saturated heterocycles. The summed E-state index contributed by atoms with van der Waals surface area (Å²) in [6.07, 6.45) is 0. The maximum atomic E-state index is 13.2. The van der Waals surface area contributed by atoms with Crippen molar-refractivity contribution < 1.29 is 14.4 Å². The fourth-order valence-electron chi connectivity index (χ4n) is 3.89. The Morgan fingerprint density at radius 3 is 2.31 bits per heavy atom. The van der Waals surface area contributed by atoms with Gasteiger partial charge in [0.2, 0.25) is 11.8 Å². The predicted molar refractivity (Wildman–Crippen MR) is 111 cm³/mol. The van der Waals surface area contributed by atoms with Gasteiger partial charge in [-0.2, -0.15) is 0 Å². The van der Waals surface area contributed by atoms with Crippen molar-refractivity contribution in [2.75, 3.05) is 42.9 Å². The molecule has 7 heteroatoms. The van der Waals surface area contributed by atoms with Crippen molar-refractivity contribution in [2.24, 2.45) is 0 Å². The van der Waals surface area contributed by atoms with Crippen LogP contribution in [0.5, 0.6) is 0 Å². The molecule has 2 aromatic carbocycles. The number of hydrogen-bond donors (Lipinski definition) is 1. The summed E-state index contributed by atoms with van der Waals surface area (Å²) in [5.41, 5.74) is 2.06. The maximum Gasteiger partial charge on any atom is 0.253 e. The highest BCUT2D eigenvalue weighted by molar-refractivity contribution is 6.11. The average Bonchev–Trinajstić information content (AvgIpc) is 2.77. The molecule has 4 rings (SSSR count). The van der Waals surface area contributed by atoms with Gasteiger partial charge in [0.15, 0.2) is 0 Å². The van der Waals surface area contributed by atoms with E-state index in [2.05, 4.69) is 10.2 Å². The van der Waals surface area contributed by atoms with Crippen molar-refractivity contribution in [1.82, 2.24) is 9.80 Å². The number of nitrogens with one attached hydrogen (secondary N) is 1. The SMILES string of the molecule is C[C@H](C(=O)N1CC(=O)Nc2ccccc21)N1CCN(C(=O)c2ccccc2)CC1.